The van der Waals surface area contributed by atoms with Crippen LogP contribution in [0.5, 0.6) is 0 Å². The summed E-state index contributed by atoms with van der Waals surface area (Å²) < 4.78 is 41.4. The van der Waals surface area contributed by atoms with Crippen molar-refractivity contribution in [2.75, 3.05) is 7.05 Å². The zero-order chi connectivity index (χ0) is 14.0. The maximum atomic E-state index is 14.0. The minimum Gasteiger partial charge on any atom is -0.309 e. The smallest absolute Gasteiger partial charge is 0.164 e. The molecule has 0 aliphatic heterocycles. The second-order valence-corrected chi connectivity index (χ2v) is 4.34. The Hall–Kier alpha value is -1.81. The Balaban J connectivity index is 2.55. The van der Waals surface area contributed by atoms with E-state index in [-0.39, 0.29) is 16.7 Å². The number of hydrogen-bond donors (Lipinski definition) is 1. The average Bonchev–Trinajstić information content (AvgIpc) is 2.41. The summed E-state index contributed by atoms with van der Waals surface area (Å²) in [5.41, 5.74) is 0.604. The van der Waals surface area contributed by atoms with Gasteiger partial charge >= 0.3 is 0 Å². The Morgan fingerprint density at radius 3 is 2.21 bits per heavy atom. The zero-order valence-corrected chi connectivity index (χ0v) is 10.7. The molecule has 0 saturated carbocycles. The first-order valence-electron chi connectivity index (χ1n) is 5.92. The maximum absolute atomic E-state index is 14.0. The van der Waals surface area contributed by atoms with Crippen LogP contribution in [0.2, 0.25) is 0 Å². The van der Waals surface area contributed by atoms with E-state index in [4.69, 9.17) is 0 Å². The lowest BCUT2D eigenvalue weighted by Crippen LogP contribution is -2.20. The summed E-state index contributed by atoms with van der Waals surface area (Å²) >= 11 is 0. The quantitative estimate of drug-likeness (QED) is 0.891. The lowest BCUT2D eigenvalue weighted by molar-refractivity contribution is 0.478. The van der Waals surface area contributed by atoms with E-state index < -0.39 is 23.5 Å². The van der Waals surface area contributed by atoms with Gasteiger partial charge in [-0.15, -0.1) is 0 Å². The van der Waals surface area contributed by atoms with Gasteiger partial charge in [-0.25, -0.2) is 13.2 Å². The topological polar surface area (TPSA) is 12.0 Å². The van der Waals surface area contributed by atoms with Crippen molar-refractivity contribution >= 4 is 0 Å². The fourth-order valence-electron chi connectivity index (χ4n) is 2.07. The van der Waals surface area contributed by atoms with Gasteiger partial charge in [-0.05, 0) is 25.6 Å². The van der Waals surface area contributed by atoms with Gasteiger partial charge in [0.05, 0.1) is 6.04 Å². The van der Waals surface area contributed by atoms with Gasteiger partial charge in [-0.1, -0.05) is 30.3 Å². The van der Waals surface area contributed by atoms with Crippen LogP contribution in [0.25, 0.3) is 0 Å². The van der Waals surface area contributed by atoms with Crippen molar-refractivity contribution in [1.82, 2.24) is 5.32 Å². The molecule has 0 bridgehead atoms. The van der Waals surface area contributed by atoms with Crippen LogP contribution in [0.4, 0.5) is 13.2 Å². The van der Waals surface area contributed by atoms with Gasteiger partial charge < -0.3 is 5.32 Å². The highest BCUT2D eigenvalue weighted by atomic mass is 19.2. The van der Waals surface area contributed by atoms with E-state index in [2.05, 4.69) is 5.32 Å². The first kappa shape index (κ1) is 13.6. The molecule has 0 radical (unpaired) electrons. The molecule has 1 nitrogen and oxygen atoms in total. The van der Waals surface area contributed by atoms with Crippen molar-refractivity contribution in [3.05, 3.63) is 70.5 Å². The molecule has 0 aliphatic carbocycles. The van der Waals surface area contributed by atoms with Crippen LogP contribution in [0, 0.1) is 24.4 Å². The third kappa shape index (κ3) is 2.49. The number of nitrogens with one attached hydrogen (secondary N) is 1. The van der Waals surface area contributed by atoms with Crippen molar-refractivity contribution in [3.8, 4) is 0 Å². The fraction of sp³-hybridized carbons (Fsp3) is 0.200. The van der Waals surface area contributed by atoms with E-state index in [1.165, 1.54) is 25.1 Å². The summed E-state index contributed by atoms with van der Waals surface area (Å²) in [6.45, 7) is 1.49. The van der Waals surface area contributed by atoms with Crippen LogP contribution in [0.3, 0.4) is 0 Å². The molecule has 0 fully saturated rings. The van der Waals surface area contributed by atoms with E-state index >= 15 is 0 Å². The molecule has 1 unspecified atom stereocenters. The third-order valence-corrected chi connectivity index (χ3v) is 3.12. The molecular weight excluding hydrogens is 251 g/mol. The van der Waals surface area contributed by atoms with E-state index in [0.717, 1.165) is 0 Å². The van der Waals surface area contributed by atoms with Crippen LogP contribution >= 0.6 is 0 Å². The molecule has 0 saturated heterocycles. The summed E-state index contributed by atoms with van der Waals surface area (Å²) in [7, 11) is 1.58. The molecule has 0 aliphatic rings. The molecule has 0 amide bonds. The summed E-state index contributed by atoms with van der Waals surface area (Å²) in [6, 6.07) is 8.29. The normalized spacial score (nSPS) is 12.5. The first-order valence-corrected chi connectivity index (χ1v) is 5.92. The molecule has 100 valence electrons. The Morgan fingerprint density at radius 1 is 0.895 bits per heavy atom. The molecule has 1 N–H and O–H groups in total. The van der Waals surface area contributed by atoms with Gasteiger partial charge in [0.15, 0.2) is 11.6 Å². The molecule has 0 heterocycles. The second-order valence-electron chi connectivity index (χ2n) is 4.34. The summed E-state index contributed by atoms with van der Waals surface area (Å²) in [4.78, 5) is 0. The van der Waals surface area contributed by atoms with Gasteiger partial charge in [0.25, 0.3) is 0 Å². The maximum Gasteiger partial charge on any atom is 0.164 e. The molecular formula is C15H14F3N. The highest BCUT2D eigenvalue weighted by molar-refractivity contribution is 5.35. The van der Waals surface area contributed by atoms with Crippen LogP contribution in [-0.2, 0) is 0 Å². The number of halogens is 3. The fourth-order valence-corrected chi connectivity index (χ4v) is 2.07. The monoisotopic (exact) mass is 265 g/mol. The van der Waals surface area contributed by atoms with Crippen LogP contribution in [-0.4, -0.2) is 7.05 Å². The van der Waals surface area contributed by atoms with E-state index in [1.54, 1.807) is 25.2 Å². The third-order valence-electron chi connectivity index (χ3n) is 3.12. The summed E-state index contributed by atoms with van der Waals surface area (Å²) in [5, 5.41) is 2.82. The molecule has 4 heteroatoms. The highest BCUT2D eigenvalue weighted by Gasteiger charge is 2.21. The lowest BCUT2D eigenvalue weighted by Gasteiger charge is -2.19. The molecule has 2 rings (SSSR count). The van der Waals surface area contributed by atoms with Gasteiger partial charge in [0.1, 0.15) is 5.82 Å². The number of benzene rings is 2. The lowest BCUT2D eigenvalue weighted by atomic mass is 9.96. The number of rotatable bonds is 3. The minimum absolute atomic E-state index is 0.0932. The van der Waals surface area contributed by atoms with Crippen molar-refractivity contribution < 1.29 is 13.2 Å². The molecule has 0 spiro atoms. The Bertz CT molecular complexity index is 596. The standard InChI is InChI=1S/C15H14F3N/c1-9-7-8-11(14(18)13(9)17)15(19-2)10-5-3-4-6-12(10)16/h3-8,15,19H,1-2H3. The van der Waals surface area contributed by atoms with Crippen molar-refractivity contribution in [3.63, 3.8) is 0 Å². The predicted molar refractivity (Wildman–Crippen MR) is 68.4 cm³/mol. The first-order chi connectivity index (χ1) is 9.06. The van der Waals surface area contributed by atoms with Gasteiger partial charge in [-0.2, -0.15) is 0 Å². The predicted octanol–water partition coefficient (Wildman–Crippen LogP) is 3.72. The van der Waals surface area contributed by atoms with Crippen molar-refractivity contribution in [2.45, 2.75) is 13.0 Å². The highest BCUT2D eigenvalue weighted by Crippen LogP contribution is 2.28. The second kappa shape index (κ2) is 5.45. The van der Waals surface area contributed by atoms with E-state index in [1.807, 2.05) is 0 Å². The van der Waals surface area contributed by atoms with Gasteiger partial charge in [0, 0.05) is 11.1 Å². The Labute approximate surface area is 110 Å². The SMILES string of the molecule is CNC(c1ccccc1F)c1ccc(C)c(F)c1F. The molecule has 1 atom stereocenters. The molecule has 2 aromatic rings. The number of aryl methyl sites for hydroxylation is 1. The minimum atomic E-state index is -0.942. The van der Waals surface area contributed by atoms with Crippen LogP contribution < -0.4 is 5.32 Å². The number of hydrogen-bond acceptors (Lipinski definition) is 1. The zero-order valence-electron chi connectivity index (χ0n) is 10.7. The largest absolute Gasteiger partial charge is 0.309 e. The summed E-state index contributed by atoms with van der Waals surface area (Å²) in [6.07, 6.45) is 0. The van der Waals surface area contributed by atoms with Crippen molar-refractivity contribution in [2.24, 2.45) is 0 Å². The van der Waals surface area contributed by atoms with Gasteiger partial charge in [0.2, 0.25) is 0 Å². The van der Waals surface area contributed by atoms with Gasteiger partial charge in [-0.3, -0.25) is 0 Å². The molecule has 2 aromatic carbocycles. The Morgan fingerprint density at radius 2 is 1.58 bits per heavy atom. The average molecular weight is 265 g/mol. The van der Waals surface area contributed by atoms with Crippen LogP contribution in [0.15, 0.2) is 36.4 Å². The van der Waals surface area contributed by atoms with E-state index in [9.17, 15) is 13.2 Å². The molecule has 0 aromatic heterocycles. The molecule has 19 heavy (non-hydrogen) atoms. The van der Waals surface area contributed by atoms with E-state index in [0.29, 0.717) is 0 Å². The summed E-state index contributed by atoms with van der Waals surface area (Å²) in [5.74, 6) is -2.29. The Kier molecular flexibility index (Phi) is 3.90. The van der Waals surface area contributed by atoms with Crippen LogP contribution in [0.1, 0.15) is 22.7 Å². The van der Waals surface area contributed by atoms with Crippen molar-refractivity contribution in [1.29, 1.82) is 0 Å².